The van der Waals surface area contributed by atoms with Crippen LogP contribution in [0.5, 0.6) is 0 Å². The summed E-state index contributed by atoms with van der Waals surface area (Å²) in [5.41, 5.74) is 15.8. The van der Waals surface area contributed by atoms with Crippen LogP contribution in [0.3, 0.4) is 0 Å². The monoisotopic (exact) mass is 333 g/mol. The first-order chi connectivity index (χ1) is 11.6. The largest absolute Gasteiger partial charge is 0.117 e. The van der Waals surface area contributed by atoms with Crippen molar-refractivity contribution in [2.75, 3.05) is 0 Å². The van der Waals surface area contributed by atoms with Crippen molar-refractivity contribution in [3.63, 3.8) is 0 Å². The van der Waals surface area contributed by atoms with Crippen molar-refractivity contribution in [3.05, 3.63) is 81.2 Å². The van der Waals surface area contributed by atoms with Gasteiger partial charge in [-0.1, -0.05) is 53.6 Å². The average Bonchev–Trinajstić information content (AvgIpc) is 2.62. The molecule has 0 saturated carbocycles. The minimum Gasteiger partial charge on any atom is -0.117 e. The minimum absolute atomic E-state index is 0.358. The van der Waals surface area contributed by atoms with Crippen molar-refractivity contribution >= 4 is 22.4 Å². The van der Waals surface area contributed by atoms with Gasteiger partial charge < -0.3 is 0 Å². The summed E-state index contributed by atoms with van der Waals surface area (Å²) in [4.78, 5) is 3.07. The molecule has 0 amide bonds. The van der Waals surface area contributed by atoms with E-state index in [0.717, 1.165) is 27.8 Å². The van der Waals surface area contributed by atoms with Crippen LogP contribution in [0.4, 0.5) is 0 Å². The smallest absolute Gasteiger partial charge is 0.0839 e. The molecule has 0 radical (unpaired) electrons. The van der Waals surface area contributed by atoms with E-state index in [1.165, 1.54) is 16.3 Å². The van der Waals surface area contributed by atoms with Crippen LogP contribution in [0.15, 0.2) is 53.6 Å². The van der Waals surface area contributed by atoms with Gasteiger partial charge in [-0.3, -0.25) is 0 Å². The van der Waals surface area contributed by atoms with Gasteiger partial charge in [0, 0.05) is 4.91 Å². The van der Waals surface area contributed by atoms with Crippen molar-refractivity contribution in [1.82, 2.24) is 0 Å². The number of hydrogen-bond acceptors (Lipinski definition) is 1. The third-order valence-electron chi connectivity index (χ3n) is 5.06. The van der Waals surface area contributed by atoms with E-state index in [1.54, 1.807) is 0 Å². The molecular formula is C20H16ClN3. The topological polar surface area (TPSA) is 48.8 Å². The van der Waals surface area contributed by atoms with Gasteiger partial charge in [0.15, 0.2) is 0 Å². The van der Waals surface area contributed by atoms with Crippen LogP contribution < -0.4 is 0 Å². The number of rotatable bonds is 1. The molecule has 118 valence electrons. The fourth-order valence-corrected chi connectivity index (χ4v) is 4.34. The Kier molecular flexibility index (Phi) is 3.49. The lowest BCUT2D eigenvalue weighted by atomic mass is 9.76. The molecule has 1 aliphatic carbocycles. The molecule has 0 unspecified atom stereocenters. The van der Waals surface area contributed by atoms with Gasteiger partial charge in [0.05, 0.1) is 11.4 Å². The van der Waals surface area contributed by atoms with E-state index in [0.29, 0.717) is 0 Å². The Morgan fingerprint density at radius 3 is 2.29 bits per heavy atom. The first-order valence-electron chi connectivity index (χ1n) is 7.94. The number of azide groups is 1. The fourth-order valence-electron chi connectivity index (χ4n) is 3.98. The molecule has 24 heavy (non-hydrogen) atoms. The zero-order valence-corrected chi connectivity index (χ0v) is 14.2. The Morgan fingerprint density at radius 1 is 0.958 bits per heavy atom. The van der Waals surface area contributed by atoms with Crippen molar-refractivity contribution < 1.29 is 0 Å². The third-order valence-corrected chi connectivity index (χ3v) is 5.53. The third kappa shape index (κ3) is 1.96. The van der Waals surface area contributed by atoms with Crippen LogP contribution in [0.1, 0.15) is 33.7 Å². The molecule has 2 atom stereocenters. The average molecular weight is 334 g/mol. The number of benzene rings is 3. The number of aryl methyl sites for hydroxylation is 2. The van der Waals surface area contributed by atoms with E-state index in [4.69, 9.17) is 17.1 Å². The van der Waals surface area contributed by atoms with Crippen molar-refractivity contribution in [2.24, 2.45) is 5.11 Å². The zero-order chi connectivity index (χ0) is 16.8. The van der Waals surface area contributed by atoms with E-state index < -0.39 is 6.04 Å². The first kappa shape index (κ1) is 15.1. The second-order valence-corrected chi connectivity index (χ2v) is 6.69. The number of hydrogen-bond donors (Lipinski definition) is 0. The lowest BCUT2D eigenvalue weighted by molar-refractivity contribution is 0.679. The van der Waals surface area contributed by atoms with Gasteiger partial charge in [-0.2, -0.15) is 0 Å². The Labute approximate surface area is 145 Å². The van der Waals surface area contributed by atoms with Crippen LogP contribution >= 0.6 is 11.6 Å². The van der Waals surface area contributed by atoms with Gasteiger partial charge in [-0.05, 0) is 63.5 Å². The summed E-state index contributed by atoms with van der Waals surface area (Å²) in [6.45, 7) is 4.23. The molecule has 0 spiro atoms. The SMILES string of the molecule is Cc1c2c(c(C)c3ccccc13)[C@@H](N=[N+]=[N-])[C@H](Cl)c1ccccc1-2. The highest BCUT2D eigenvalue weighted by atomic mass is 35.5. The highest BCUT2D eigenvalue weighted by Crippen LogP contribution is 2.53. The Morgan fingerprint density at radius 2 is 1.58 bits per heavy atom. The van der Waals surface area contributed by atoms with Gasteiger partial charge in [0.1, 0.15) is 0 Å². The van der Waals surface area contributed by atoms with Crippen molar-refractivity contribution in [1.29, 1.82) is 0 Å². The molecule has 0 N–H and O–H groups in total. The number of nitrogens with zero attached hydrogens (tertiary/aromatic N) is 3. The van der Waals surface area contributed by atoms with Crippen molar-refractivity contribution in [2.45, 2.75) is 25.3 Å². The highest BCUT2D eigenvalue weighted by Gasteiger charge is 2.34. The van der Waals surface area contributed by atoms with Crippen LogP contribution in [-0.2, 0) is 0 Å². The lowest BCUT2D eigenvalue weighted by Gasteiger charge is -2.33. The second kappa shape index (κ2) is 5.55. The first-order valence-corrected chi connectivity index (χ1v) is 8.38. The summed E-state index contributed by atoms with van der Waals surface area (Å²) in [5, 5.41) is 6.13. The van der Waals surface area contributed by atoms with Crippen LogP contribution in [0, 0.1) is 13.8 Å². The van der Waals surface area contributed by atoms with E-state index in [-0.39, 0.29) is 5.38 Å². The summed E-state index contributed by atoms with van der Waals surface area (Å²) >= 11 is 6.73. The van der Waals surface area contributed by atoms with E-state index in [1.807, 2.05) is 24.3 Å². The van der Waals surface area contributed by atoms with Gasteiger partial charge in [0.25, 0.3) is 0 Å². The Balaban J connectivity index is 2.22. The summed E-state index contributed by atoms with van der Waals surface area (Å²) in [6.07, 6.45) is 0. The van der Waals surface area contributed by atoms with Gasteiger partial charge in [0.2, 0.25) is 0 Å². The predicted molar refractivity (Wildman–Crippen MR) is 99.3 cm³/mol. The maximum atomic E-state index is 9.08. The molecule has 0 saturated heterocycles. The van der Waals surface area contributed by atoms with Crippen molar-refractivity contribution in [3.8, 4) is 11.1 Å². The maximum absolute atomic E-state index is 9.08. The standard InChI is InChI=1S/C20H16ClN3/c1-11-13-7-3-4-8-14(13)12(2)18-17(11)15-9-5-6-10-16(15)19(21)20(18)23-24-22/h3-10,19-20H,1-2H3/t19-,20-/m1/s1. The molecule has 0 aromatic heterocycles. The minimum atomic E-state index is -0.398. The summed E-state index contributed by atoms with van der Waals surface area (Å²) in [5.74, 6) is 0. The molecule has 0 heterocycles. The molecule has 4 rings (SSSR count). The van der Waals surface area contributed by atoms with Crippen LogP contribution in [0.2, 0.25) is 0 Å². The van der Waals surface area contributed by atoms with E-state index in [9.17, 15) is 0 Å². The number of alkyl halides is 1. The van der Waals surface area contributed by atoms with Crippen LogP contribution in [-0.4, -0.2) is 0 Å². The normalized spacial score (nSPS) is 18.6. The highest BCUT2D eigenvalue weighted by molar-refractivity contribution is 6.22. The summed E-state index contributed by atoms with van der Waals surface area (Å²) < 4.78 is 0. The zero-order valence-electron chi connectivity index (χ0n) is 13.5. The molecule has 3 nitrogen and oxygen atoms in total. The summed E-state index contributed by atoms with van der Waals surface area (Å²) in [7, 11) is 0. The molecule has 3 aromatic carbocycles. The molecule has 0 bridgehead atoms. The Bertz CT molecular complexity index is 1020. The molecule has 0 aliphatic heterocycles. The van der Waals surface area contributed by atoms with E-state index in [2.05, 4.69) is 48.1 Å². The second-order valence-electron chi connectivity index (χ2n) is 6.22. The molecule has 1 aliphatic rings. The number of fused-ring (bicyclic) bond motifs is 4. The predicted octanol–water partition coefficient (Wildman–Crippen LogP) is 6.77. The molecular weight excluding hydrogens is 318 g/mol. The Hall–Kier alpha value is -2.48. The van der Waals surface area contributed by atoms with Crippen LogP contribution in [0.25, 0.3) is 32.3 Å². The molecule has 3 aromatic rings. The summed E-state index contributed by atoms with van der Waals surface area (Å²) in [6, 6.07) is 16.1. The lowest BCUT2D eigenvalue weighted by Crippen LogP contribution is -2.15. The number of halogens is 1. The molecule has 0 fully saturated rings. The van der Waals surface area contributed by atoms with Gasteiger partial charge >= 0.3 is 0 Å². The molecule has 4 heteroatoms. The quantitative estimate of drug-likeness (QED) is 0.204. The van der Waals surface area contributed by atoms with Gasteiger partial charge in [-0.25, -0.2) is 0 Å². The fraction of sp³-hybridized carbons (Fsp3) is 0.200. The maximum Gasteiger partial charge on any atom is 0.0839 e. The van der Waals surface area contributed by atoms with Gasteiger partial charge in [-0.15, -0.1) is 11.6 Å². The van der Waals surface area contributed by atoms with E-state index >= 15 is 0 Å².